The molecule has 0 N–H and O–H groups in total. The van der Waals surface area contributed by atoms with E-state index in [1.54, 1.807) is 0 Å². The minimum absolute atomic E-state index is 0.364. The highest BCUT2D eigenvalue weighted by Crippen LogP contribution is 2.28. The summed E-state index contributed by atoms with van der Waals surface area (Å²) in [6.07, 6.45) is 7.25. The number of hydrogen-bond donors (Lipinski definition) is 0. The minimum Gasteiger partial charge on any atom is -0.376 e. The minimum atomic E-state index is 0.364. The molecular weight excluding hydrogens is 124 g/mol. The Morgan fingerprint density at radius 2 is 2.10 bits per heavy atom. The van der Waals surface area contributed by atoms with Gasteiger partial charge in [0.1, 0.15) is 0 Å². The summed E-state index contributed by atoms with van der Waals surface area (Å²) in [5, 5.41) is 0. The first kappa shape index (κ1) is 8.06. The largest absolute Gasteiger partial charge is 0.376 e. The van der Waals surface area contributed by atoms with Gasteiger partial charge in [0.15, 0.2) is 0 Å². The first-order chi connectivity index (χ1) is 4.83. The number of rotatable bonds is 3. The van der Waals surface area contributed by atoms with Gasteiger partial charge in [-0.3, -0.25) is 0 Å². The summed E-state index contributed by atoms with van der Waals surface area (Å²) in [5.41, 5.74) is 0. The molecule has 1 saturated carbocycles. The summed E-state index contributed by atoms with van der Waals surface area (Å²) in [5.74, 6) is 0.928. The molecule has 0 saturated heterocycles. The lowest BCUT2D eigenvalue weighted by Crippen LogP contribution is -2.08. The van der Waals surface area contributed by atoms with Crippen molar-refractivity contribution in [1.82, 2.24) is 0 Å². The molecule has 1 fully saturated rings. The molecule has 1 radical (unpaired) electrons. The van der Waals surface area contributed by atoms with Crippen molar-refractivity contribution in [2.75, 3.05) is 0 Å². The Morgan fingerprint density at radius 1 is 1.50 bits per heavy atom. The van der Waals surface area contributed by atoms with E-state index in [4.69, 9.17) is 4.74 Å². The summed E-state index contributed by atoms with van der Waals surface area (Å²) < 4.78 is 4.96. The van der Waals surface area contributed by atoms with Crippen LogP contribution in [-0.4, -0.2) is 6.10 Å². The van der Waals surface area contributed by atoms with Crippen molar-refractivity contribution in [2.45, 2.75) is 45.1 Å². The van der Waals surface area contributed by atoms with Crippen LogP contribution in [-0.2, 0) is 4.74 Å². The smallest absolute Gasteiger partial charge is 0.0704 e. The molecule has 10 heavy (non-hydrogen) atoms. The fourth-order valence-electron chi connectivity index (χ4n) is 1.78. The van der Waals surface area contributed by atoms with Gasteiger partial charge in [-0.05, 0) is 19.3 Å². The van der Waals surface area contributed by atoms with E-state index in [0.29, 0.717) is 6.10 Å². The zero-order valence-corrected chi connectivity index (χ0v) is 6.81. The van der Waals surface area contributed by atoms with Crippen molar-refractivity contribution >= 4 is 0 Å². The molecule has 1 atom stereocenters. The SMILES string of the molecule is [CH2]OC(C)CC1CCCC1. The van der Waals surface area contributed by atoms with Crippen LogP contribution in [0.15, 0.2) is 0 Å². The predicted molar refractivity (Wildman–Crippen MR) is 42.5 cm³/mol. The van der Waals surface area contributed by atoms with E-state index in [9.17, 15) is 0 Å². The van der Waals surface area contributed by atoms with E-state index in [1.807, 2.05) is 0 Å². The van der Waals surface area contributed by atoms with Gasteiger partial charge >= 0.3 is 0 Å². The van der Waals surface area contributed by atoms with Crippen LogP contribution in [0.25, 0.3) is 0 Å². The molecule has 59 valence electrons. The van der Waals surface area contributed by atoms with Gasteiger partial charge in [-0.1, -0.05) is 25.7 Å². The second-order valence-corrected chi connectivity index (χ2v) is 3.36. The standard InChI is InChI=1S/C9H17O/c1-8(10-2)7-9-5-3-4-6-9/h8-9H,2-7H2,1H3. The fraction of sp³-hybridized carbons (Fsp3) is 0.889. The zero-order chi connectivity index (χ0) is 7.40. The Hall–Kier alpha value is -0.0400. The third kappa shape index (κ3) is 2.30. The van der Waals surface area contributed by atoms with Crippen molar-refractivity contribution in [2.24, 2.45) is 5.92 Å². The lowest BCUT2D eigenvalue weighted by Gasteiger charge is -2.13. The molecule has 0 aromatic heterocycles. The van der Waals surface area contributed by atoms with E-state index in [0.717, 1.165) is 5.92 Å². The Kier molecular flexibility index (Phi) is 3.20. The molecular formula is C9H17O. The maximum Gasteiger partial charge on any atom is 0.0704 e. The first-order valence-electron chi connectivity index (χ1n) is 4.23. The van der Waals surface area contributed by atoms with Crippen molar-refractivity contribution in [1.29, 1.82) is 0 Å². The normalized spacial score (nSPS) is 23.4. The molecule has 0 aromatic rings. The molecule has 1 nitrogen and oxygen atoms in total. The molecule has 1 unspecified atom stereocenters. The van der Waals surface area contributed by atoms with Gasteiger partial charge in [-0.25, -0.2) is 0 Å². The van der Waals surface area contributed by atoms with Crippen LogP contribution < -0.4 is 0 Å². The highest BCUT2D eigenvalue weighted by molar-refractivity contribution is 4.69. The molecule has 0 bridgehead atoms. The molecule has 1 heteroatoms. The van der Waals surface area contributed by atoms with Crippen LogP contribution in [0.5, 0.6) is 0 Å². The predicted octanol–water partition coefficient (Wildman–Crippen LogP) is 2.76. The Balaban J connectivity index is 2.11. The Labute approximate surface area is 63.8 Å². The van der Waals surface area contributed by atoms with Gasteiger partial charge in [0.2, 0.25) is 0 Å². The van der Waals surface area contributed by atoms with Crippen molar-refractivity contribution < 1.29 is 4.74 Å². The van der Waals surface area contributed by atoms with Crippen molar-refractivity contribution in [3.8, 4) is 0 Å². The van der Waals surface area contributed by atoms with Crippen LogP contribution in [0.3, 0.4) is 0 Å². The molecule has 0 aliphatic heterocycles. The summed E-state index contributed by atoms with van der Waals surface area (Å²) in [6.45, 7) is 2.10. The summed E-state index contributed by atoms with van der Waals surface area (Å²) >= 11 is 0. The fourth-order valence-corrected chi connectivity index (χ4v) is 1.78. The van der Waals surface area contributed by atoms with Crippen LogP contribution in [0.4, 0.5) is 0 Å². The maximum atomic E-state index is 4.96. The van der Waals surface area contributed by atoms with Gasteiger partial charge in [-0.2, -0.15) is 0 Å². The quantitative estimate of drug-likeness (QED) is 0.587. The van der Waals surface area contributed by atoms with Gasteiger partial charge in [0, 0.05) is 0 Å². The summed E-state index contributed by atoms with van der Waals surface area (Å²) in [6, 6.07) is 0. The maximum absolute atomic E-state index is 4.96. The van der Waals surface area contributed by atoms with Crippen LogP contribution >= 0.6 is 0 Å². The summed E-state index contributed by atoms with van der Waals surface area (Å²) in [7, 11) is 3.43. The van der Waals surface area contributed by atoms with Crippen LogP contribution in [0.1, 0.15) is 39.0 Å². The Bertz CT molecular complexity index is 84.7. The van der Waals surface area contributed by atoms with Gasteiger partial charge in [0.05, 0.1) is 13.2 Å². The average molecular weight is 141 g/mol. The van der Waals surface area contributed by atoms with Gasteiger partial charge in [-0.15, -0.1) is 0 Å². The zero-order valence-electron chi connectivity index (χ0n) is 6.81. The van der Waals surface area contributed by atoms with Gasteiger partial charge in [0.25, 0.3) is 0 Å². The highest BCUT2D eigenvalue weighted by Gasteiger charge is 2.16. The van der Waals surface area contributed by atoms with E-state index in [2.05, 4.69) is 14.0 Å². The first-order valence-corrected chi connectivity index (χ1v) is 4.23. The van der Waals surface area contributed by atoms with E-state index in [1.165, 1.54) is 32.1 Å². The van der Waals surface area contributed by atoms with Crippen LogP contribution in [0, 0.1) is 13.0 Å². The number of ether oxygens (including phenoxy) is 1. The second kappa shape index (κ2) is 3.97. The molecule has 0 heterocycles. The van der Waals surface area contributed by atoms with E-state index >= 15 is 0 Å². The van der Waals surface area contributed by atoms with E-state index in [-0.39, 0.29) is 0 Å². The van der Waals surface area contributed by atoms with Crippen molar-refractivity contribution in [3.05, 3.63) is 7.11 Å². The van der Waals surface area contributed by atoms with E-state index < -0.39 is 0 Å². The monoisotopic (exact) mass is 141 g/mol. The third-order valence-electron chi connectivity index (χ3n) is 2.42. The lowest BCUT2D eigenvalue weighted by atomic mass is 10.0. The van der Waals surface area contributed by atoms with Crippen molar-refractivity contribution in [3.63, 3.8) is 0 Å². The lowest BCUT2D eigenvalue weighted by molar-refractivity contribution is 0.128. The second-order valence-electron chi connectivity index (χ2n) is 3.36. The molecule has 0 aromatic carbocycles. The highest BCUT2D eigenvalue weighted by atomic mass is 16.5. The topological polar surface area (TPSA) is 9.23 Å². The van der Waals surface area contributed by atoms with Gasteiger partial charge < -0.3 is 4.74 Å². The average Bonchev–Trinajstić information content (AvgIpc) is 2.40. The summed E-state index contributed by atoms with van der Waals surface area (Å²) in [4.78, 5) is 0. The molecule has 1 aliphatic rings. The molecule has 0 amide bonds. The molecule has 0 spiro atoms. The Morgan fingerprint density at radius 3 is 2.60 bits per heavy atom. The third-order valence-corrected chi connectivity index (χ3v) is 2.42. The van der Waals surface area contributed by atoms with Crippen LogP contribution in [0.2, 0.25) is 0 Å². The number of hydrogen-bond acceptors (Lipinski definition) is 1. The molecule has 1 rings (SSSR count). The molecule has 1 aliphatic carbocycles.